The number of para-hydroxylation sites is 1. The third-order valence-electron chi connectivity index (χ3n) is 6.30. The van der Waals surface area contributed by atoms with Crippen LogP contribution in [0.25, 0.3) is 17.2 Å². The Hall–Kier alpha value is -3.20. The van der Waals surface area contributed by atoms with Gasteiger partial charge >= 0.3 is 0 Å². The number of hydrogen-bond acceptors (Lipinski definition) is 3. The standard InChI is InChI=1S/C25H23NO2/c1-24(2)21-6-4-5-7-22(21)26(3)25(24)15-14-19-16-18(10-13-23(19)28-25)17-8-11-20(27)12-9-17/h4-16,27H,1-3H3. The maximum Gasteiger partial charge on any atom is 0.211 e. The highest BCUT2D eigenvalue weighted by Gasteiger charge is 2.57. The molecule has 28 heavy (non-hydrogen) atoms. The minimum atomic E-state index is -0.552. The molecule has 0 saturated heterocycles. The maximum absolute atomic E-state index is 9.53. The number of phenolic OH excluding ortho intramolecular Hbond substituents is 1. The Morgan fingerprint density at radius 1 is 0.893 bits per heavy atom. The fourth-order valence-corrected chi connectivity index (χ4v) is 4.61. The Morgan fingerprint density at radius 2 is 1.61 bits per heavy atom. The van der Waals surface area contributed by atoms with Gasteiger partial charge in [-0.1, -0.05) is 36.4 Å². The minimum absolute atomic E-state index is 0.192. The van der Waals surface area contributed by atoms with E-state index in [0.29, 0.717) is 0 Å². The molecule has 2 heterocycles. The van der Waals surface area contributed by atoms with E-state index in [2.05, 4.69) is 80.4 Å². The monoisotopic (exact) mass is 369 g/mol. The fourth-order valence-electron chi connectivity index (χ4n) is 4.61. The van der Waals surface area contributed by atoms with Crippen LogP contribution in [-0.4, -0.2) is 17.9 Å². The summed E-state index contributed by atoms with van der Waals surface area (Å²) in [6, 6.07) is 22.1. The molecule has 2 aliphatic heterocycles. The van der Waals surface area contributed by atoms with E-state index in [-0.39, 0.29) is 11.2 Å². The Bertz CT molecular complexity index is 1100. The van der Waals surface area contributed by atoms with Gasteiger partial charge in [-0.2, -0.15) is 0 Å². The number of anilines is 1. The number of ether oxygens (including phenoxy) is 1. The second-order valence-corrected chi connectivity index (χ2v) is 8.13. The summed E-state index contributed by atoms with van der Waals surface area (Å²) in [7, 11) is 2.10. The SMILES string of the molecule is CN1c2ccccc2C(C)(C)C12C=Cc1cc(-c3ccc(O)cc3)ccc1O2. The summed E-state index contributed by atoms with van der Waals surface area (Å²) in [5.74, 6) is 1.16. The summed E-state index contributed by atoms with van der Waals surface area (Å²) >= 11 is 0. The molecule has 3 aromatic carbocycles. The summed E-state index contributed by atoms with van der Waals surface area (Å²) < 4.78 is 6.70. The van der Waals surface area contributed by atoms with E-state index < -0.39 is 5.72 Å². The van der Waals surface area contributed by atoms with Gasteiger partial charge in [0.1, 0.15) is 11.5 Å². The van der Waals surface area contributed by atoms with Crippen molar-refractivity contribution in [3.63, 3.8) is 0 Å². The first-order valence-electron chi connectivity index (χ1n) is 9.57. The Labute approximate surface area is 165 Å². The summed E-state index contributed by atoms with van der Waals surface area (Å²) in [4.78, 5) is 2.25. The second kappa shape index (κ2) is 5.65. The van der Waals surface area contributed by atoms with Gasteiger partial charge in [0, 0.05) is 18.3 Å². The zero-order valence-corrected chi connectivity index (χ0v) is 16.3. The lowest BCUT2D eigenvalue weighted by Gasteiger charge is -2.45. The molecule has 5 rings (SSSR count). The van der Waals surface area contributed by atoms with Gasteiger partial charge in [0.2, 0.25) is 5.72 Å². The van der Waals surface area contributed by atoms with Crippen LogP contribution in [0.1, 0.15) is 25.0 Å². The van der Waals surface area contributed by atoms with Crippen LogP contribution in [0.15, 0.2) is 72.8 Å². The Kier molecular flexibility index (Phi) is 3.42. The van der Waals surface area contributed by atoms with Crippen LogP contribution in [0.5, 0.6) is 11.5 Å². The van der Waals surface area contributed by atoms with E-state index in [1.807, 2.05) is 12.1 Å². The highest BCUT2D eigenvalue weighted by atomic mass is 16.5. The van der Waals surface area contributed by atoms with Crippen molar-refractivity contribution in [2.24, 2.45) is 0 Å². The molecule has 1 atom stereocenters. The fraction of sp³-hybridized carbons (Fsp3) is 0.200. The molecule has 2 aliphatic rings. The normalized spacial score (nSPS) is 21.3. The van der Waals surface area contributed by atoms with Crippen molar-refractivity contribution in [1.29, 1.82) is 0 Å². The van der Waals surface area contributed by atoms with Gasteiger partial charge < -0.3 is 14.7 Å². The molecule has 1 unspecified atom stereocenters. The topological polar surface area (TPSA) is 32.7 Å². The van der Waals surface area contributed by atoms with Crippen molar-refractivity contribution < 1.29 is 9.84 Å². The molecule has 0 aromatic heterocycles. The number of phenols is 1. The van der Waals surface area contributed by atoms with Crippen molar-refractivity contribution >= 4 is 11.8 Å². The van der Waals surface area contributed by atoms with Crippen molar-refractivity contribution in [2.75, 3.05) is 11.9 Å². The molecule has 1 N–H and O–H groups in total. The van der Waals surface area contributed by atoms with Crippen LogP contribution in [0.4, 0.5) is 5.69 Å². The first kappa shape index (κ1) is 16.9. The van der Waals surface area contributed by atoms with Crippen LogP contribution in [-0.2, 0) is 5.41 Å². The van der Waals surface area contributed by atoms with Crippen molar-refractivity contribution in [1.82, 2.24) is 0 Å². The summed E-state index contributed by atoms with van der Waals surface area (Å²) in [6.45, 7) is 4.49. The van der Waals surface area contributed by atoms with Crippen LogP contribution in [0.3, 0.4) is 0 Å². The molecular weight excluding hydrogens is 346 g/mol. The second-order valence-electron chi connectivity index (χ2n) is 8.13. The van der Waals surface area contributed by atoms with Crippen LogP contribution in [0.2, 0.25) is 0 Å². The number of nitrogens with zero attached hydrogens (tertiary/aromatic N) is 1. The highest BCUT2D eigenvalue weighted by Crippen LogP contribution is 2.54. The zero-order chi connectivity index (χ0) is 19.5. The van der Waals surface area contributed by atoms with Gasteiger partial charge in [-0.15, -0.1) is 0 Å². The highest BCUT2D eigenvalue weighted by molar-refractivity contribution is 5.75. The van der Waals surface area contributed by atoms with E-state index in [1.165, 1.54) is 11.3 Å². The van der Waals surface area contributed by atoms with E-state index in [4.69, 9.17) is 4.74 Å². The molecule has 0 bridgehead atoms. The van der Waals surface area contributed by atoms with Gasteiger partial charge in [-0.3, -0.25) is 0 Å². The smallest absolute Gasteiger partial charge is 0.211 e. The molecule has 0 aliphatic carbocycles. The van der Waals surface area contributed by atoms with Crippen molar-refractivity contribution in [3.8, 4) is 22.6 Å². The average molecular weight is 369 g/mol. The Morgan fingerprint density at radius 3 is 2.36 bits per heavy atom. The third kappa shape index (κ3) is 2.16. The molecule has 3 nitrogen and oxygen atoms in total. The first-order valence-corrected chi connectivity index (χ1v) is 9.57. The number of aromatic hydroxyl groups is 1. The van der Waals surface area contributed by atoms with Crippen molar-refractivity contribution in [2.45, 2.75) is 25.0 Å². The molecule has 1 spiro atoms. The van der Waals surface area contributed by atoms with Crippen LogP contribution < -0.4 is 9.64 Å². The average Bonchev–Trinajstić information content (AvgIpc) is 2.87. The predicted molar refractivity (Wildman–Crippen MR) is 114 cm³/mol. The quantitative estimate of drug-likeness (QED) is 0.607. The van der Waals surface area contributed by atoms with Crippen LogP contribution in [0, 0.1) is 0 Å². The van der Waals surface area contributed by atoms with Gasteiger partial charge in [-0.25, -0.2) is 0 Å². The molecule has 3 aromatic rings. The molecule has 0 saturated carbocycles. The lowest BCUT2D eigenvalue weighted by atomic mass is 9.76. The van der Waals surface area contributed by atoms with E-state index >= 15 is 0 Å². The number of fused-ring (bicyclic) bond motifs is 2. The lowest BCUT2D eigenvalue weighted by Crippen LogP contribution is -2.58. The summed E-state index contributed by atoms with van der Waals surface area (Å²) in [5.41, 5.74) is 5.00. The number of rotatable bonds is 1. The minimum Gasteiger partial charge on any atom is -0.508 e. The van der Waals surface area contributed by atoms with E-state index in [9.17, 15) is 5.11 Å². The van der Waals surface area contributed by atoms with Gasteiger partial charge in [0.05, 0.1) is 5.41 Å². The molecule has 0 fully saturated rings. The third-order valence-corrected chi connectivity index (χ3v) is 6.30. The zero-order valence-electron chi connectivity index (χ0n) is 16.3. The molecule has 0 amide bonds. The molecule has 3 heteroatoms. The van der Waals surface area contributed by atoms with Gasteiger partial charge in [-0.05, 0) is 73.0 Å². The summed E-state index contributed by atoms with van der Waals surface area (Å²) in [6.07, 6.45) is 4.36. The van der Waals surface area contributed by atoms with Gasteiger partial charge in [0.25, 0.3) is 0 Å². The largest absolute Gasteiger partial charge is 0.508 e. The summed E-state index contributed by atoms with van der Waals surface area (Å²) in [5, 5.41) is 9.53. The van der Waals surface area contributed by atoms with Gasteiger partial charge in [0.15, 0.2) is 0 Å². The molecule has 140 valence electrons. The number of likely N-dealkylation sites (N-methyl/N-ethyl adjacent to an activating group) is 1. The number of benzene rings is 3. The predicted octanol–water partition coefficient (Wildman–Crippen LogP) is 5.59. The molecular formula is C25H23NO2. The van der Waals surface area contributed by atoms with Crippen LogP contribution >= 0.6 is 0 Å². The first-order chi connectivity index (χ1) is 13.4. The Balaban J connectivity index is 1.57. The molecule has 0 radical (unpaired) electrons. The van der Waals surface area contributed by atoms with Crippen molar-refractivity contribution in [3.05, 3.63) is 83.9 Å². The lowest BCUT2D eigenvalue weighted by molar-refractivity contribution is 0.0582. The maximum atomic E-state index is 9.53. The van der Waals surface area contributed by atoms with E-state index in [1.54, 1.807) is 12.1 Å². The van der Waals surface area contributed by atoms with E-state index in [0.717, 1.165) is 22.4 Å². The number of hydrogen-bond donors (Lipinski definition) is 1.